The van der Waals surface area contributed by atoms with Crippen LogP contribution in [0.1, 0.15) is 15.9 Å². The summed E-state index contributed by atoms with van der Waals surface area (Å²) >= 11 is 0. The minimum Gasteiger partial charge on any atom is -0.388 e. The van der Waals surface area contributed by atoms with Crippen LogP contribution in [-0.2, 0) is 0 Å². The van der Waals surface area contributed by atoms with Gasteiger partial charge in [0, 0.05) is 30.3 Å². The molecule has 1 saturated heterocycles. The van der Waals surface area contributed by atoms with Gasteiger partial charge in [0.25, 0.3) is 11.6 Å². The van der Waals surface area contributed by atoms with Gasteiger partial charge in [0.15, 0.2) is 0 Å². The van der Waals surface area contributed by atoms with Crippen LogP contribution < -0.4 is 0 Å². The first kappa shape index (κ1) is 13.4. The number of carbonyl (C=O) groups is 1. The number of nitro benzene ring substituents is 1. The molecule has 1 aliphatic rings. The molecule has 1 amide bonds. The third-order valence-electron chi connectivity index (χ3n) is 3.19. The van der Waals surface area contributed by atoms with Crippen LogP contribution in [0.25, 0.3) is 0 Å². The van der Waals surface area contributed by atoms with Gasteiger partial charge in [-0.05, 0) is 19.1 Å². The van der Waals surface area contributed by atoms with E-state index in [1.165, 1.54) is 23.1 Å². The lowest BCUT2D eigenvalue weighted by Gasteiger charge is -2.15. The molecule has 1 aromatic rings. The van der Waals surface area contributed by atoms with E-state index in [0.717, 1.165) is 0 Å². The molecule has 1 fully saturated rings. The molecule has 7 nitrogen and oxygen atoms in total. The lowest BCUT2D eigenvalue weighted by atomic mass is 10.1. The van der Waals surface area contributed by atoms with Gasteiger partial charge in [-0.25, -0.2) is 0 Å². The number of carbonyl (C=O) groups excluding carboxylic acids is 1. The van der Waals surface area contributed by atoms with Crippen molar-refractivity contribution in [2.75, 3.05) is 13.1 Å². The number of likely N-dealkylation sites (tertiary alicyclic amines) is 1. The van der Waals surface area contributed by atoms with Crippen molar-refractivity contribution in [3.8, 4) is 0 Å². The second kappa shape index (κ2) is 4.94. The van der Waals surface area contributed by atoms with Crippen LogP contribution in [0.2, 0.25) is 0 Å². The average molecular weight is 266 g/mol. The standard InChI is InChI=1S/C12H14N2O5/c1-7-4-8(2-3-9(7)14(18)19)12(17)13-5-10(15)11(16)6-13/h2-4,10-11,15-16H,5-6H2,1H3/t10-,11+. The first-order valence-electron chi connectivity index (χ1n) is 5.80. The normalized spacial score (nSPS) is 22.6. The molecule has 0 aliphatic carbocycles. The maximum Gasteiger partial charge on any atom is 0.272 e. The van der Waals surface area contributed by atoms with Gasteiger partial charge in [0.05, 0.1) is 17.1 Å². The van der Waals surface area contributed by atoms with Crippen molar-refractivity contribution in [2.24, 2.45) is 0 Å². The fraction of sp³-hybridized carbons (Fsp3) is 0.417. The number of rotatable bonds is 2. The van der Waals surface area contributed by atoms with E-state index in [4.69, 9.17) is 0 Å². The molecular formula is C12H14N2O5. The number of aliphatic hydroxyl groups is 2. The van der Waals surface area contributed by atoms with E-state index in [-0.39, 0.29) is 24.7 Å². The smallest absolute Gasteiger partial charge is 0.272 e. The van der Waals surface area contributed by atoms with E-state index in [1.54, 1.807) is 6.92 Å². The van der Waals surface area contributed by atoms with Gasteiger partial charge in [0.1, 0.15) is 0 Å². The number of hydrogen-bond donors (Lipinski definition) is 2. The molecule has 0 radical (unpaired) electrons. The van der Waals surface area contributed by atoms with Gasteiger partial charge in [-0.2, -0.15) is 0 Å². The maximum atomic E-state index is 12.1. The molecule has 1 aliphatic heterocycles. The predicted molar refractivity (Wildman–Crippen MR) is 65.8 cm³/mol. The van der Waals surface area contributed by atoms with Crippen LogP contribution in [0.15, 0.2) is 18.2 Å². The Morgan fingerprint density at radius 2 is 1.95 bits per heavy atom. The van der Waals surface area contributed by atoms with Crippen LogP contribution in [0.4, 0.5) is 5.69 Å². The second-order valence-electron chi connectivity index (χ2n) is 4.60. The SMILES string of the molecule is Cc1cc(C(=O)N2C[C@@H](O)[C@@H](O)C2)ccc1[N+](=O)[O-]. The Hall–Kier alpha value is -1.99. The zero-order chi connectivity index (χ0) is 14.2. The lowest BCUT2D eigenvalue weighted by molar-refractivity contribution is -0.385. The molecule has 2 rings (SSSR count). The summed E-state index contributed by atoms with van der Waals surface area (Å²) in [6.07, 6.45) is -1.88. The molecule has 1 aromatic carbocycles. The Morgan fingerprint density at radius 1 is 1.37 bits per heavy atom. The van der Waals surface area contributed by atoms with Crippen LogP contribution >= 0.6 is 0 Å². The largest absolute Gasteiger partial charge is 0.388 e. The number of amides is 1. The fourth-order valence-electron chi connectivity index (χ4n) is 2.11. The Balaban J connectivity index is 2.21. The summed E-state index contributed by atoms with van der Waals surface area (Å²) in [4.78, 5) is 23.6. The number of hydrogen-bond acceptors (Lipinski definition) is 5. The molecule has 2 N–H and O–H groups in total. The van der Waals surface area contributed by atoms with Gasteiger partial charge in [-0.3, -0.25) is 14.9 Å². The average Bonchev–Trinajstić information content (AvgIpc) is 2.68. The minimum atomic E-state index is -0.942. The minimum absolute atomic E-state index is 0.0435. The first-order chi connectivity index (χ1) is 8.90. The van der Waals surface area contributed by atoms with Crippen molar-refractivity contribution in [1.82, 2.24) is 4.90 Å². The summed E-state index contributed by atoms with van der Waals surface area (Å²) in [7, 11) is 0. The molecule has 2 atom stereocenters. The maximum absolute atomic E-state index is 12.1. The topological polar surface area (TPSA) is 104 Å². The molecule has 0 spiro atoms. The third kappa shape index (κ3) is 2.56. The van der Waals surface area contributed by atoms with E-state index < -0.39 is 17.1 Å². The van der Waals surface area contributed by atoms with Crippen LogP contribution in [0.5, 0.6) is 0 Å². The summed E-state index contributed by atoms with van der Waals surface area (Å²) in [6.45, 7) is 1.69. The summed E-state index contributed by atoms with van der Waals surface area (Å²) in [5.41, 5.74) is 0.665. The molecule has 0 saturated carbocycles. The third-order valence-corrected chi connectivity index (χ3v) is 3.19. The molecule has 102 valence electrons. The highest BCUT2D eigenvalue weighted by atomic mass is 16.6. The van der Waals surface area contributed by atoms with E-state index in [0.29, 0.717) is 11.1 Å². The number of nitrogens with zero attached hydrogens (tertiary/aromatic N) is 2. The molecule has 1 heterocycles. The van der Waals surface area contributed by atoms with Gasteiger partial charge >= 0.3 is 0 Å². The van der Waals surface area contributed by atoms with Gasteiger partial charge in [-0.1, -0.05) is 0 Å². The molecule has 0 aromatic heterocycles. The Kier molecular flexibility index (Phi) is 3.50. The zero-order valence-corrected chi connectivity index (χ0v) is 10.3. The number of β-amino-alcohol motifs (C(OH)–C–C–N with tert-alkyl or cyclic N) is 2. The zero-order valence-electron chi connectivity index (χ0n) is 10.3. The van der Waals surface area contributed by atoms with Crippen LogP contribution in [0, 0.1) is 17.0 Å². The second-order valence-corrected chi connectivity index (χ2v) is 4.60. The molecule has 0 bridgehead atoms. The van der Waals surface area contributed by atoms with Crippen LogP contribution in [0.3, 0.4) is 0 Å². The van der Waals surface area contributed by atoms with Crippen molar-refractivity contribution in [2.45, 2.75) is 19.1 Å². The Labute approximate surface area is 109 Å². The highest BCUT2D eigenvalue weighted by Gasteiger charge is 2.33. The number of aryl methyl sites for hydroxylation is 1. The van der Waals surface area contributed by atoms with Gasteiger partial charge in [0.2, 0.25) is 0 Å². The number of nitro groups is 1. The summed E-state index contributed by atoms with van der Waals surface area (Å²) < 4.78 is 0. The summed E-state index contributed by atoms with van der Waals surface area (Å²) in [6, 6.07) is 4.10. The highest BCUT2D eigenvalue weighted by molar-refractivity contribution is 5.95. The fourth-order valence-corrected chi connectivity index (χ4v) is 2.11. The molecular weight excluding hydrogens is 252 g/mol. The van der Waals surface area contributed by atoms with E-state index >= 15 is 0 Å². The van der Waals surface area contributed by atoms with Gasteiger partial charge < -0.3 is 15.1 Å². The molecule has 7 heteroatoms. The van der Waals surface area contributed by atoms with E-state index in [1.807, 2.05) is 0 Å². The predicted octanol–water partition coefficient (Wildman–Crippen LogP) is 0.0808. The first-order valence-corrected chi connectivity index (χ1v) is 5.80. The van der Waals surface area contributed by atoms with Crippen molar-refractivity contribution in [3.05, 3.63) is 39.4 Å². The molecule has 19 heavy (non-hydrogen) atoms. The summed E-state index contributed by atoms with van der Waals surface area (Å²) in [5, 5.41) is 29.5. The number of benzene rings is 1. The van der Waals surface area contributed by atoms with E-state index in [2.05, 4.69) is 0 Å². The van der Waals surface area contributed by atoms with Crippen molar-refractivity contribution < 1.29 is 19.9 Å². The monoisotopic (exact) mass is 266 g/mol. The lowest BCUT2D eigenvalue weighted by Crippen LogP contribution is -2.29. The van der Waals surface area contributed by atoms with Crippen molar-refractivity contribution >= 4 is 11.6 Å². The van der Waals surface area contributed by atoms with Crippen molar-refractivity contribution in [1.29, 1.82) is 0 Å². The summed E-state index contributed by atoms with van der Waals surface area (Å²) in [5.74, 6) is -0.353. The Bertz CT molecular complexity index is 521. The molecule has 0 unspecified atom stereocenters. The van der Waals surface area contributed by atoms with Crippen molar-refractivity contribution in [3.63, 3.8) is 0 Å². The Morgan fingerprint density at radius 3 is 2.42 bits per heavy atom. The quantitative estimate of drug-likeness (QED) is 0.582. The highest BCUT2D eigenvalue weighted by Crippen LogP contribution is 2.21. The van der Waals surface area contributed by atoms with Crippen LogP contribution in [-0.4, -0.2) is 51.2 Å². The number of aliphatic hydroxyl groups excluding tert-OH is 2. The van der Waals surface area contributed by atoms with E-state index in [9.17, 15) is 25.1 Å². The van der Waals surface area contributed by atoms with Gasteiger partial charge in [-0.15, -0.1) is 0 Å².